The summed E-state index contributed by atoms with van der Waals surface area (Å²) in [7, 11) is 0. The first-order valence-electron chi connectivity index (χ1n) is 7.79. The first-order valence-corrected chi connectivity index (χ1v) is 7.79. The second kappa shape index (κ2) is 8.15. The zero-order valence-electron chi connectivity index (χ0n) is 14.1. The number of benzene rings is 2. The van der Waals surface area contributed by atoms with Gasteiger partial charge in [0.15, 0.2) is 0 Å². The minimum absolute atomic E-state index is 0.272. The van der Waals surface area contributed by atoms with Crippen molar-refractivity contribution in [3.05, 3.63) is 59.7 Å². The maximum atomic E-state index is 13.5. The van der Waals surface area contributed by atoms with E-state index in [1.54, 1.807) is 0 Å². The predicted molar refractivity (Wildman–Crippen MR) is 89.1 cm³/mol. The normalized spacial score (nSPS) is 11.2. The molecule has 2 rings (SSSR count). The quantitative estimate of drug-likeness (QED) is 0.776. The average Bonchev–Trinajstić information content (AvgIpc) is 2.57. The van der Waals surface area contributed by atoms with Gasteiger partial charge in [0, 0.05) is 26.0 Å². The third-order valence-electron chi connectivity index (χ3n) is 3.65. The van der Waals surface area contributed by atoms with E-state index in [4.69, 9.17) is 0 Å². The Hall–Kier alpha value is -2.97. The molecular weight excluding hydrogens is 371 g/mol. The van der Waals surface area contributed by atoms with Crippen LogP contribution in [0.25, 0.3) is 0 Å². The molecule has 0 bridgehead atoms. The fourth-order valence-electron chi connectivity index (χ4n) is 2.41. The second-order valence-electron chi connectivity index (χ2n) is 5.61. The number of nitrogens with one attached hydrogen (secondary N) is 1. The molecule has 0 atom stereocenters. The van der Waals surface area contributed by atoms with Crippen LogP contribution in [0.2, 0.25) is 0 Å². The van der Waals surface area contributed by atoms with Gasteiger partial charge in [0.25, 0.3) is 0 Å². The molecule has 4 nitrogen and oxygen atoms in total. The monoisotopic (exact) mass is 386 g/mol. The van der Waals surface area contributed by atoms with Gasteiger partial charge in [0.2, 0.25) is 11.8 Å². The molecule has 0 aliphatic rings. The Kier molecular flexibility index (Phi) is 6.14. The van der Waals surface area contributed by atoms with Gasteiger partial charge in [-0.1, -0.05) is 12.1 Å². The smallest absolute Gasteiger partial charge is 0.324 e. The lowest BCUT2D eigenvalue weighted by atomic mass is 10.1. The fraction of sp³-hybridized carbons (Fsp3) is 0.222. The van der Waals surface area contributed by atoms with Gasteiger partial charge in [0.05, 0.1) is 16.9 Å². The molecule has 9 heteroatoms. The zero-order valence-corrected chi connectivity index (χ0v) is 14.1. The number of carbonyl (C=O) groups is 2. The number of nitrogens with zero attached hydrogens (tertiary/aromatic N) is 1. The topological polar surface area (TPSA) is 49.4 Å². The van der Waals surface area contributed by atoms with Gasteiger partial charge in [0.1, 0.15) is 11.6 Å². The van der Waals surface area contributed by atoms with Crippen LogP contribution in [0, 0.1) is 11.6 Å². The van der Waals surface area contributed by atoms with E-state index in [1.807, 2.05) is 0 Å². The Labute approximate surface area is 151 Å². The highest BCUT2D eigenvalue weighted by Crippen LogP contribution is 2.36. The molecule has 0 aliphatic heterocycles. The molecule has 0 spiro atoms. The summed E-state index contributed by atoms with van der Waals surface area (Å²) >= 11 is 0. The molecule has 2 amide bonds. The Morgan fingerprint density at radius 3 is 2.33 bits per heavy atom. The Morgan fingerprint density at radius 1 is 1.07 bits per heavy atom. The van der Waals surface area contributed by atoms with Crippen molar-refractivity contribution in [1.82, 2.24) is 0 Å². The van der Waals surface area contributed by atoms with Gasteiger partial charge in [-0.25, -0.2) is 8.78 Å². The zero-order chi connectivity index (χ0) is 20.2. The van der Waals surface area contributed by atoms with Crippen LogP contribution in [0.1, 0.15) is 18.9 Å². The van der Waals surface area contributed by atoms with Gasteiger partial charge < -0.3 is 10.2 Å². The maximum absolute atomic E-state index is 13.5. The number of para-hydroxylation sites is 1. The molecule has 0 saturated heterocycles. The van der Waals surface area contributed by atoms with Crippen molar-refractivity contribution in [2.24, 2.45) is 0 Å². The number of halogens is 5. The highest BCUT2D eigenvalue weighted by atomic mass is 19.4. The molecule has 0 heterocycles. The SMILES string of the molecule is CC(=O)N(CCC(=O)Nc1ccc(F)cc1F)c1ccccc1C(F)(F)F. The first kappa shape index (κ1) is 20.3. The molecule has 0 fully saturated rings. The van der Waals surface area contributed by atoms with Crippen LogP contribution in [0.5, 0.6) is 0 Å². The number of alkyl halides is 3. The molecule has 0 saturated carbocycles. The summed E-state index contributed by atoms with van der Waals surface area (Å²) in [6.07, 6.45) is -5.06. The summed E-state index contributed by atoms with van der Waals surface area (Å²) in [6, 6.07) is 7.03. The summed E-state index contributed by atoms with van der Waals surface area (Å²) < 4.78 is 65.8. The standard InChI is InChI=1S/C18H15F5N2O2/c1-11(26)25(16-5-3-2-4-13(16)18(21,22)23)9-8-17(27)24-15-7-6-12(19)10-14(15)20/h2-7,10H,8-9H2,1H3,(H,24,27). The number of rotatable bonds is 5. The van der Waals surface area contributed by atoms with Crippen molar-refractivity contribution in [2.45, 2.75) is 19.5 Å². The number of amides is 2. The minimum atomic E-state index is -4.68. The summed E-state index contributed by atoms with van der Waals surface area (Å²) in [6.45, 7) is 0.724. The largest absolute Gasteiger partial charge is 0.418 e. The van der Waals surface area contributed by atoms with E-state index in [2.05, 4.69) is 5.32 Å². The lowest BCUT2D eigenvalue weighted by molar-refractivity contribution is -0.137. The second-order valence-corrected chi connectivity index (χ2v) is 5.61. The van der Waals surface area contributed by atoms with Crippen LogP contribution in [-0.2, 0) is 15.8 Å². The van der Waals surface area contributed by atoms with Crippen molar-refractivity contribution in [3.63, 3.8) is 0 Å². The average molecular weight is 386 g/mol. The van der Waals surface area contributed by atoms with Crippen molar-refractivity contribution >= 4 is 23.2 Å². The lowest BCUT2D eigenvalue weighted by Gasteiger charge is -2.24. The molecule has 0 unspecified atom stereocenters. The van der Waals surface area contributed by atoms with E-state index in [1.165, 1.54) is 12.1 Å². The highest BCUT2D eigenvalue weighted by Gasteiger charge is 2.35. The summed E-state index contributed by atoms with van der Waals surface area (Å²) in [4.78, 5) is 24.6. The van der Waals surface area contributed by atoms with E-state index in [9.17, 15) is 31.5 Å². The van der Waals surface area contributed by atoms with Crippen LogP contribution in [0.4, 0.5) is 33.3 Å². The number of hydrogen-bond acceptors (Lipinski definition) is 2. The van der Waals surface area contributed by atoms with Crippen LogP contribution in [0.15, 0.2) is 42.5 Å². The molecule has 0 radical (unpaired) electrons. The lowest BCUT2D eigenvalue weighted by Crippen LogP contribution is -2.33. The molecule has 2 aromatic rings. The molecule has 0 aromatic heterocycles. The van der Waals surface area contributed by atoms with Gasteiger partial charge >= 0.3 is 6.18 Å². The predicted octanol–water partition coefficient (Wildman–Crippen LogP) is 4.37. The van der Waals surface area contributed by atoms with E-state index >= 15 is 0 Å². The van der Waals surface area contributed by atoms with Crippen molar-refractivity contribution < 1.29 is 31.5 Å². The van der Waals surface area contributed by atoms with E-state index in [-0.39, 0.29) is 24.3 Å². The van der Waals surface area contributed by atoms with Gasteiger partial charge in [-0.3, -0.25) is 9.59 Å². The minimum Gasteiger partial charge on any atom is -0.324 e. The molecule has 2 aromatic carbocycles. The molecule has 27 heavy (non-hydrogen) atoms. The van der Waals surface area contributed by atoms with Crippen LogP contribution in [-0.4, -0.2) is 18.4 Å². The van der Waals surface area contributed by atoms with Gasteiger partial charge in [-0.15, -0.1) is 0 Å². The third kappa shape index (κ3) is 5.25. The summed E-state index contributed by atoms with van der Waals surface area (Å²) in [5, 5.41) is 2.19. The van der Waals surface area contributed by atoms with E-state index in [0.29, 0.717) is 6.07 Å². The maximum Gasteiger partial charge on any atom is 0.418 e. The van der Waals surface area contributed by atoms with Gasteiger partial charge in [-0.05, 0) is 24.3 Å². The van der Waals surface area contributed by atoms with Gasteiger partial charge in [-0.2, -0.15) is 13.2 Å². The van der Waals surface area contributed by atoms with E-state index < -0.39 is 35.2 Å². The number of hydrogen-bond donors (Lipinski definition) is 1. The van der Waals surface area contributed by atoms with Crippen LogP contribution >= 0.6 is 0 Å². The molecule has 144 valence electrons. The van der Waals surface area contributed by atoms with Crippen molar-refractivity contribution in [3.8, 4) is 0 Å². The van der Waals surface area contributed by atoms with E-state index in [0.717, 1.165) is 36.1 Å². The Balaban J connectivity index is 2.14. The molecular formula is C18H15F5N2O2. The third-order valence-corrected chi connectivity index (χ3v) is 3.65. The molecule has 1 N–H and O–H groups in total. The summed E-state index contributed by atoms with van der Waals surface area (Å²) in [5.41, 5.74) is -1.66. The number of carbonyl (C=O) groups excluding carboxylic acids is 2. The molecule has 0 aliphatic carbocycles. The Bertz CT molecular complexity index is 852. The fourth-order valence-corrected chi connectivity index (χ4v) is 2.41. The van der Waals surface area contributed by atoms with Crippen LogP contribution < -0.4 is 10.2 Å². The Morgan fingerprint density at radius 2 is 1.74 bits per heavy atom. The highest BCUT2D eigenvalue weighted by molar-refractivity contribution is 5.95. The first-order chi connectivity index (χ1) is 12.6. The number of anilines is 2. The summed E-state index contributed by atoms with van der Waals surface area (Å²) in [5.74, 6) is -3.24. The van der Waals surface area contributed by atoms with Crippen molar-refractivity contribution in [2.75, 3.05) is 16.8 Å². The van der Waals surface area contributed by atoms with Crippen molar-refractivity contribution in [1.29, 1.82) is 0 Å². The van der Waals surface area contributed by atoms with Crippen LogP contribution in [0.3, 0.4) is 0 Å².